The van der Waals surface area contributed by atoms with Crippen LogP contribution >= 0.6 is 11.8 Å². The van der Waals surface area contributed by atoms with E-state index in [-0.39, 0.29) is 17.9 Å². The molecule has 0 radical (unpaired) electrons. The van der Waals surface area contributed by atoms with Gasteiger partial charge in [0.25, 0.3) is 11.8 Å². The van der Waals surface area contributed by atoms with Crippen LogP contribution in [0.15, 0.2) is 88.7 Å². The number of amides is 2. The Labute approximate surface area is 217 Å². The van der Waals surface area contributed by atoms with Crippen molar-refractivity contribution >= 4 is 23.6 Å². The van der Waals surface area contributed by atoms with Gasteiger partial charge in [-0.25, -0.2) is 0 Å². The number of hydrogen-bond acceptors (Lipinski definition) is 4. The molecular weight excluding hydrogens is 499 g/mol. The van der Waals surface area contributed by atoms with Crippen LogP contribution in [-0.2, 0) is 6.18 Å². The number of nitrogens with zero attached hydrogens (tertiary/aromatic N) is 3. The highest BCUT2D eigenvalue weighted by Gasteiger charge is 2.37. The smallest absolute Gasteiger partial charge is 0.336 e. The molecule has 2 amide bonds. The fourth-order valence-electron chi connectivity index (χ4n) is 4.63. The third-order valence-electron chi connectivity index (χ3n) is 6.79. The number of hydrogen-bond donors (Lipinski definition) is 0. The van der Waals surface area contributed by atoms with Crippen molar-refractivity contribution in [3.8, 4) is 0 Å². The Balaban J connectivity index is 1.10. The van der Waals surface area contributed by atoms with Gasteiger partial charge in [0, 0.05) is 66.2 Å². The summed E-state index contributed by atoms with van der Waals surface area (Å²) in [5.74, 6) is 0.00471. The van der Waals surface area contributed by atoms with Gasteiger partial charge >= 0.3 is 6.18 Å². The average Bonchev–Trinajstić information content (AvgIpc) is 2.88. The molecule has 0 unspecified atom stereocenters. The summed E-state index contributed by atoms with van der Waals surface area (Å²) in [5, 5.41) is 0. The molecule has 5 nitrogen and oxygen atoms in total. The first kappa shape index (κ1) is 25.4. The molecule has 2 fully saturated rings. The second kappa shape index (κ2) is 10.6. The van der Waals surface area contributed by atoms with Gasteiger partial charge in [-0.3, -0.25) is 14.5 Å². The normalized spacial score (nSPS) is 16.9. The first-order valence-electron chi connectivity index (χ1n) is 12.1. The van der Waals surface area contributed by atoms with Gasteiger partial charge in [0.15, 0.2) is 0 Å². The maximum absolute atomic E-state index is 13.0. The summed E-state index contributed by atoms with van der Waals surface area (Å²) < 4.78 is 38.9. The average molecular weight is 526 g/mol. The van der Waals surface area contributed by atoms with Gasteiger partial charge in [0.05, 0.1) is 5.56 Å². The van der Waals surface area contributed by atoms with Gasteiger partial charge in [0.1, 0.15) is 0 Å². The summed E-state index contributed by atoms with van der Waals surface area (Å²) >= 11 is 1.23. The van der Waals surface area contributed by atoms with Gasteiger partial charge in [-0.2, -0.15) is 13.2 Å². The molecule has 0 aromatic heterocycles. The predicted molar refractivity (Wildman–Crippen MR) is 136 cm³/mol. The van der Waals surface area contributed by atoms with Crippen molar-refractivity contribution in [2.24, 2.45) is 0 Å². The molecule has 2 saturated heterocycles. The maximum Gasteiger partial charge on any atom is 0.416 e. The van der Waals surface area contributed by atoms with Gasteiger partial charge in [0.2, 0.25) is 0 Å². The Kier molecular flexibility index (Phi) is 7.26. The molecule has 37 heavy (non-hydrogen) atoms. The number of halogens is 3. The molecule has 192 valence electrons. The summed E-state index contributed by atoms with van der Waals surface area (Å²) in [7, 11) is 0. The molecule has 2 heterocycles. The lowest BCUT2D eigenvalue weighted by Crippen LogP contribution is -2.64. The fourth-order valence-corrected chi connectivity index (χ4v) is 5.50. The van der Waals surface area contributed by atoms with Crippen LogP contribution in [0.4, 0.5) is 13.2 Å². The van der Waals surface area contributed by atoms with E-state index in [1.807, 2.05) is 35.2 Å². The second-order valence-corrected chi connectivity index (χ2v) is 10.4. The summed E-state index contributed by atoms with van der Waals surface area (Å²) in [6.07, 6.45) is -4.38. The monoisotopic (exact) mass is 525 g/mol. The number of alkyl halides is 3. The molecule has 0 aliphatic carbocycles. The zero-order chi connectivity index (χ0) is 26.0. The Bertz CT molecular complexity index is 1250. The minimum absolute atomic E-state index is 0.0511. The van der Waals surface area contributed by atoms with E-state index in [0.717, 1.165) is 30.1 Å². The van der Waals surface area contributed by atoms with Crippen molar-refractivity contribution < 1.29 is 22.8 Å². The minimum atomic E-state index is -4.38. The molecule has 3 aromatic rings. The van der Waals surface area contributed by atoms with Crippen molar-refractivity contribution in [1.82, 2.24) is 14.7 Å². The molecule has 0 N–H and O–H groups in total. The highest BCUT2D eigenvalue weighted by molar-refractivity contribution is 7.99. The third kappa shape index (κ3) is 5.83. The molecule has 0 bridgehead atoms. The van der Waals surface area contributed by atoms with E-state index in [9.17, 15) is 22.8 Å². The van der Waals surface area contributed by atoms with Crippen molar-refractivity contribution in [2.75, 3.05) is 39.3 Å². The van der Waals surface area contributed by atoms with Crippen LogP contribution < -0.4 is 0 Å². The van der Waals surface area contributed by atoms with Crippen LogP contribution in [0, 0.1) is 0 Å². The van der Waals surface area contributed by atoms with Crippen molar-refractivity contribution in [2.45, 2.75) is 22.0 Å². The predicted octanol–water partition coefficient (Wildman–Crippen LogP) is 5.14. The number of rotatable bonds is 5. The fraction of sp³-hybridized carbons (Fsp3) is 0.286. The van der Waals surface area contributed by atoms with E-state index in [4.69, 9.17) is 0 Å². The Hall–Kier alpha value is -3.30. The molecule has 9 heteroatoms. The largest absolute Gasteiger partial charge is 0.416 e. The number of piperazine rings is 1. The van der Waals surface area contributed by atoms with Crippen molar-refractivity contribution in [3.63, 3.8) is 0 Å². The van der Waals surface area contributed by atoms with Crippen molar-refractivity contribution in [1.29, 1.82) is 0 Å². The Morgan fingerprint density at radius 1 is 0.703 bits per heavy atom. The first-order chi connectivity index (χ1) is 17.8. The number of carbonyl (C=O) groups excluding carboxylic acids is 2. The zero-order valence-electron chi connectivity index (χ0n) is 20.0. The zero-order valence-corrected chi connectivity index (χ0v) is 20.8. The number of likely N-dealkylation sites (tertiary alicyclic amines) is 1. The molecule has 0 atom stereocenters. The molecule has 3 aromatic carbocycles. The summed E-state index contributed by atoms with van der Waals surface area (Å²) in [5.41, 5.74) is 0.585. The molecule has 0 saturated carbocycles. The van der Waals surface area contributed by atoms with Crippen LogP contribution in [-0.4, -0.2) is 71.8 Å². The molecular formula is C28H26F3N3O2S. The van der Waals surface area contributed by atoms with Crippen LogP contribution in [0.1, 0.15) is 26.3 Å². The van der Waals surface area contributed by atoms with Gasteiger partial charge in [-0.15, -0.1) is 0 Å². The minimum Gasteiger partial charge on any atom is -0.336 e. The van der Waals surface area contributed by atoms with Crippen molar-refractivity contribution in [3.05, 3.63) is 95.6 Å². The van der Waals surface area contributed by atoms with E-state index < -0.39 is 11.7 Å². The standard InChI is InChI=1S/C28H26F3N3O2S/c29-28(30,31)22-7-4-8-25(17-22)37-24-11-9-21(10-12-24)27(36)34-18-23(19-34)32-13-15-33(16-14-32)26(35)20-5-2-1-3-6-20/h1-12,17,23H,13-16,18-19H2. The lowest BCUT2D eigenvalue weighted by molar-refractivity contribution is -0.137. The Morgan fingerprint density at radius 2 is 1.32 bits per heavy atom. The number of benzene rings is 3. The highest BCUT2D eigenvalue weighted by atomic mass is 32.2. The number of carbonyl (C=O) groups is 2. The summed E-state index contributed by atoms with van der Waals surface area (Å²) in [4.78, 5) is 32.8. The lowest BCUT2D eigenvalue weighted by Gasteiger charge is -2.48. The molecule has 5 rings (SSSR count). The molecule has 0 spiro atoms. The Morgan fingerprint density at radius 3 is 1.97 bits per heavy atom. The third-order valence-corrected chi connectivity index (χ3v) is 7.78. The topological polar surface area (TPSA) is 43.9 Å². The quantitative estimate of drug-likeness (QED) is 0.463. The van der Waals surface area contributed by atoms with Gasteiger partial charge < -0.3 is 9.80 Å². The maximum atomic E-state index is 13.0. The first-order valence-corrected chi connectivity index (χ1v) is 12.9. The van der Waals surface area contributed by atoms with E-state index in [0.29, 0.717) is 42.2 Å². The molecule has 2 aliphatic heterocycles. The van der Waals surface area contributed by atoms with Gasteiger partial charge in [-0.05, 0) is 54.6 Å². The van der Waals surface area contributed by atoms with Crippen LogP contribution in [0.2, 0.25) is 0 Å². The van der Waals surface area contributed by atoms with E-state index >= 15 is 0 Å². The van der Waals surface area contributed by atoms with Gasteiger partial charge in [-0.1, -0.05) is 36.0 Å². The second-order valence-electron chi connectivity index (χ2n) is 9.21. The summed E-state index contributed by atoms with van der Waals surface area (Å²) in [6, 6.07) is 21.8. The van der Waals surface area contributed by atoms with E-state index in [1.54, 1.807) is 35.2 Å². The lowest BCUT2D eigenvalue weighted by atomic mass is 10.0. The van der Waals surface area contributed by atoms with Crippen LogP contribution in [0.3, 0.4) is 0 Å². The van der Waals surface area contributed by atoms with Crippen LogP contribution in [0.5, 0.6) is 0 Å². The van der Waals surface area contributed by atoms with E-state index in [1.165, 1.54) is 17.8 Å². The highest BCUT2D eigenvalue weighted by Crippen LogP contribution is 2.34. The van der Waals surface area contributed by atoms with E-state index in [2.05, 4.69) is 4.90 Å². The van der Waals surface area contributed by atoms with Crippen LogP contribution in [0.25, 0.3) is 0 Å². The SMILES string of the molecule is O=C(c1ccccc1)N1CCN(C2CN(C(=O)c3ccc(Sc4cccc(C(F)(F)F)c4)cc3)C2)CC1. The molecule has 2 aliphatic rings. The summed E-state index contributed by atoms with van der Waals surface area (Å²) in [6.45, 7) is 4.20.